The van der Waals surface area contributed by atoms with Gasteiger partial charge in [-0.25, -0.2) is 0 Å². The minimum Gasteiger partial charge on any atom is -0.492 e. The molecule has 0 fully saturated rings. The fourth-order valence-corrected chi connectivity index (χ4v) is 1.47. The normalized spacial score (nSPS) is 11.4. The van der Waals surface area contributed by atoms with Gasteiger partial charge in [0.2, 0.25) is 0 Å². The van der Waals surface area contributed by atoms with Crippen molar-refractivity contribution in [3.05, 3.63) is 18.2 Å². The zero-order chi connectivity index (χ0) is 13.1. The summed E-state index contributed by atoms with van der Waals surface area (Å²) in [6, 6.07) is 5.65. The zero-order valence-electron chi connectivity index (χ0n) is 11.0. The van der Waals surface area contributed by atoms with Gasteiger partial charge >= 0.3 is 0 Å². The number of likely N-dealkylation sites (N-methyl/N-ethyl adjacent to an activating group) is 1. The van der Waals surface area contributed by atoms with Gasteiger partial charge in [-0.05, 0) is 32.9 Å². The number of rotatable bonds is 5. The van der Waals surface area contributed by atoms with Crippen LogP contribution in [-0.2, 0) is 0 Å². The number of hydrogen-bond donors (Lipinski definition) is 2. The molecular weight excluding hydrogens is 216 g/mol. The average Bonchev–Trinajstić information content (AvgIpc) is 2.31. The lowest BCUT2D eigenvalue weighted by Crippen LogP contribution is -2.44. The summed E-state index contributed by atoms with van der Waals surface area (Å²) in [7, 11) is 1.94. The van der Waals surface area contributed by atoms with Crippen molar-refractivity contribution in [3.8, 4) is 5.75 Å². The number of anilines is 2. The summed E-state index contributed by atoms with van der Waals surface area (Å²) >= 11 is 0. The molecule has 0 unspecified atom stereocenters. The molecule has 0 aliphatic rings. The maximum absolute atomic E-state index is 9.36. The molecule has 0 amide bonds. The number of hydrogen-bond acceptors (Lipinski definition) is 4. The first-order chi connectivity index (χ1) is 7.92. The van der Waals surface area contributed by atoms with Crippen molar-refractivity contribution in [3.63, 3.8) is 0 Å². The number of benzene rings is 1. The molecule has 96 valence electrons. The van der Waals surface area contributed by atoms with Gasteiger partial charge in [-0.3, -0.25) is 0 Å². The first-order valence-corrected chi connectivity index (χ1v) is 5.79. The monoisotopic (exact) mass is 238 g/mol. The average molecular weight is 238 g/mol. The number of aliphatic hydroxyl groups is 1. The van der Waals surface area contributed by atoms with Crippen LogP contribution in [0.3, 0.4) is 0 Å². The minimum atomic E-state index is -0.320. The zero-order valence-corrected chi connectivity index (χ0v) is 11.0. The summed E-state index contributed by atoms with van der Waals surface area (Å²) < 4.78 is 5.46. The highest BCUT2D eigenvalue weighted by molar-refractivity contribution is 5.62. The smallest absolute Gasteiger partial charge is 0.144 e. The van der Waals surface area contributed by atoms with E-state index >= 15 is 0 Å². The minimum absolute atomic E-state index is 0.0812. The van der Waals surface area contributed by atoms with E-state index < -0.39 is 0 Å². The Bertz CT molecular complexity index is 378. The largest absolute Gasteiger partial charge is 0.492 e. The fourth-order valence-electron chi connectivity index (χ4n) is 1.47. The van der Waals surface area contributed by atoms with E-state index in [2.05, 4.69) is 0 Å². The molecule has 0 aliphatic carbocycles. The lowest BCUT2D eigenvalue weighted by atomic mass is 10.0. The van der Waals surface area contributed by atoms with Gasteiger partial charge in [0, 0.05) is 18.8 Å². The molecule has 0 saturated heterocycles. The molecule has 0 bridgehead atoms. The molecule has 0 radical (unpaired) electrons. The molecule has 3 N–H and O–H groups in total. The molecule has 17 heavy (non-hydrogen) atoms. The molecular formula is C13H22N2O2. The lowest BCUT2D eigenvalue weighted by Gasteiger charge is -2.36. The van der Waals surface area contributed by atoms with Crippen LogP contribution in [0.4, 0.5) is 11.4 Å². The van der Waals surface area contributed by atoms with Gasteiger partial charge in [-0.2, -0.15) is 0 Å². The Morgan fingerprint density at radius 2 is 2.06 bits per heavy atom. The highest BCUT2D eigenvalue weighted by atomic mass is 16.5. The van der Waals surface area contributed by atoms with E-state index in [0.29, 0.717) is 18.0 Å². The summed E-state index contributed by atoms with van der Waals surface area (Å²) in [5, 5.41) is 9.36. The number of nitrogens with two attached hydrogens (primary N) is 1. The van der Waals surface area contributed by atoms with Crippen LogP contribution in [0.2, 0.25) is 0 Å². The van der Waals surface area contributed by atoms with Gasteiger partial charge < -0.3 is 20.5 Å². The first-order valence-electron chi connectivity index (χ1n) is 5.79. The highest BCUT2D eigenvalue weighted by Crippen LogP contribution is 2.30. The van der Waals surface area contributed by atoms with Gasteiger partial charge in [0.1, 0.15) is 5.75 Å². The Hall–Kier alpha value is -1.42. The van der Waals surface area contributed by atoms with Crippen LogP contribution < -0.4 is 15.4 Å². The Kier molecular flexibility index (Phi) is 4.23. The molecule has 0 aromatic heterocycles. The lowest BCUT2D eigenvalue weighted by molar-refractivity contribution is 0.216. The Morgan fingerprint density at radius 1 is 1.41 bits per heavy atom. The Balaban J connectivity index is 3.03. The van der Waals surface area contributed by atoms with E-state index in [1.807, 2.05) is 50.9 Å². The second-order valence-corrected chi connectivity index (χ2v) is 4.68. The predicted molar refractivity (Wildman–Crippen MR) is 71.6 cm³/mol. The van der Waals surface area contributed by atoms with Crippen molar-refractivity contribution in [2.24, 2.45) is 0 Å². The van der Waals surface area contributed by atoms with E-state index in [4.69, 9.17) is 10.5 Å². The van der Waals surface area contributed by atoms with Crippen LogP contribution in [0, 0.1) is 0 Å². The standard InChI is InChI=1S/C13H22N2O2/c1-5-17-12-8-10(6-7-11(12)14)15(4)13(2,3)9-16/h6-8,16H,5,9,14H2,1-4H3. The maximum atomic E-state index is 9.36. The van der Waals surface area contributed by atoms with Gasteiger partial charge in [0.25, 0.3) is 0 Å². The first kappa shape index (κ1) is 13.6. The third kappa shape index (κ3) is 3.03. The molecule has 1 rings (SSSR count). The number of nitrogen functional groups attached to an aromatic ring is 1. The summed E-state index contributed by atoms with van der Waals surface area (Å²) in [6.45, 7) is 6.54. The summed E-state index contributed by atoms with van der Waals surface area (Å²) in [6.07, 6.45) is 0. The van der Waals surface area contributed by atoms with E-state index in [-0.39, 0.29) is 12.1 Å². The molecule has 0 atom stereocenters. The highest BCUT2D eigenvalue weighted by Gasteiger charge is 2.23. The van der Waals surface area contributed by atoms with Crippen LogP contribution in [-0.4, -0.2) is 30.9 Å². The molecule has 1 aromatic rings. The van der Waals surface area contributed by atoms with Crippen molar-refractivity contribution in [1.82, 2.24) is 0 Å². The van der Waals surface area contributed by atoms with Crippen molar-refractivity contribution < 1.29 is 9.84 Å². The predicted octanol–water partition coefficient (Wildman–Crippen LogP) is 1.87. The molecule has 4 nitrogen and oxygen atoms in total. The maximum Gasteiger partial charge on any atom is 0.144 e. The second kappa shape index (κ2) is 5.27. The third-order valence-electron chi connectivity index (χ3n) is 2.98. The molecule has 4 heteroatoms. The molecule has 0 saturated carbocycles. The van der Waals surface area contributed by atoms with Crippen molar-refractivity contribution >= 4 is 11.4 Å². The van der Waals surface area contributed by atoms with Crippen molar-refractivity contribution in [1.29, 1.82) is 0 Å². The van der Waals surface area contributed by atoms with Crippen LogP contribution in [0.15, 0.2) is 18.2 Å². The summed E-state index contributed by atoms with van der Waals surface area (Å²) in [5.41, 5.74) is 7.11. The Labute approximate surface area is 103 Å². The Morgan fingerprint density at radius 3 is 2.59 bits per heavy atom. The summed E-state index contributed by atoms with van der Waals surface area (Å²) in [5.74, 6) is 0.686. The van der Waals surface area contributed by atoms with Crippen LogP contribution in [0.5, 0.6) is 5.75 Å². The molecule has 1 aromatic carbocycles. The van der Waals surface area contributed by atoms with Gasteiger partial charge in [-0.15, -0.1) is 0 Å². The molecule has 0 aliphatic heterocycles. The summed E-state index contributed by atoms with van der Waals surface area (Å²) in [4.78, 5) is 2.01. The number of aliphatic hydroxyl groups excluding tert-OH is 1. The van der Waals surface area contributed by atoms with E-state index in [1.54, 1.807) is 0 Å². The third-order valence-corrected chi connectivity index (χ3v) is 2.98. The van der Waals surface area contributed by atoms with Crippen LogP contribution >= 0.6 is 0 Å². The quantitative estimate of drug-likeness (QED) is 0.769. The van der Waals surface area contributed by atoms with Crippen LogP contribution in [0.25, 0.3) is 0 Å². The van der Waals surface area contributed by atoms with Gasteiger partial charge in [0.15, 0.2) is 0 Å². The number of ether oxygens (including phenoxy) is 1. The van der Waals surface area contributed by atoms with Gasteiger partial charge in [-0.1, -0.05) is 0 Å². The SMILES string of the molecule is CCOc1cc(N(C)C(C)(C)CO)ccc1N. The van der Waals surface area contributed by atoms with Gasteiger partial charge in [0.05, 0.1) is 24.4 Å². The molecule has 0 heterocycles. The second-order valence-electron chi connectivity index (χ2n) is 4.68. The topological polar surface area (TPSA) is 58.7 Å². The number of nitrogens with zero attached hydrogens (tertiary/aromatic N) is 1. The van der Waals surface area contributed by atoms with E-state index in [0.717, 1.165) is 5.69 Å². The van der Waals surface area contributed by atoms with E-state index in [9.17, 15) is 5.11 Å². The van der Waals surface area contributed by atoms with Crippen molar-refractivity contribution in [2.45, 2.75) is 26.3 Å². The van der Waals surface area contributed by atoms with Crippen LogP contribution in [0.1, 0.15) is 20.8 Å². The molecule has 0 spiro atoms. The fraction of sp³-hybridized carbons (Fsp3) is 0.538. The van der Waals surface area contributed by atoms with E-state index in [1.165, 1.54) is 0 Å². The van der Waals surface area contributed by atoms with Crippen molar-refractivity contribution in [2.75, 3.05) is 30.9 Å².